The van der Waals surface area contributed by atoms with Gasteiger partial charge in [-0.2, -0.15) is 0 Å². The van der Waals surface area contributed by atoms with Crippen LogP contribution in [0.2, 0.25) is 0 Å². The van der Waals surface area contributed by atoms with Crippen LogP contribution in [-0.4, -0.2) is 9.67 Å². The van der Waals surface area contributed by atoms with Gasteiger partial charge in [-0.25, -0.2) is 0 Å². The number of ether oxygens (including phenoxy) is 1. The lowest BCUT2D eigenvalue weighted by molar-refractivity contribution is 0.282. The predicted molar refractivity (Wildman–Crippen MR) is 58.0 cm³/mol. The van der Waals surface area contributed by atoms with Gasteiger partial charge < -0.3 is 14.4 Å². The number of hydrogen-bond donors (Lipinski definition) is 1. The second kappa shape index (κ2) is 3.13. The van der Waals surface area contributed by atoms with Gasteiger partial charge in [0.05, 0.1) is 17.6 Å². The molecule has 0 radical (unpaired) electrons. The standard InChI is InChI=1S/C12H9NO3/c14-10-5-8-7-16-12-4-2-1-3-9(12)13(8)6-11(10)15/h1-6,15H,7H2. The molecule has 0 bridgehead atoms. The Bertz CT molecular complexity index is 616. The van der Waals surface area contributed by atoms with Crippen molar-refractivity contribution in [2.45, 2.75) is 6.61 Å². The van der Waals surface area contributed by atoms with E-state index in [0.29, 0.717) is 6.61 Å². The Hall–Kier alpha value is -2.23. The van der Waals surface area contributed by atoms with Crippen molar-refractivity contribution in [1.82, 2.24) is 4.57 Å². The molecule has 0 saturated heterocycles. The fourth-order valence-electron chi connectivity index (χ4n) is 1.83. The summed E-state index contributed by atoms with van der Waals surface area (Å²) in [7, 11) is 0. The highest BCUT2D eigenvalue weighted by Crippen LogP contribution is 2.29. The molecule has 2 heterocycles. The molecule has 16 heavy (non-hydrogen) atoms. The molecule has 2 aromatic rings. The summed E-state index contributed by atoms with van der Waals surface area (Å²) in [6.07, 6.45) is 1.43. The molecule has 1 N–H and O–H groups in total. The summed E-state index contributed by atoms with van der Waals surface area (Å²) in [6, 6.07) is 8.89. The van der Waals surface area contributed by atoms with E-state index < -0.39 is 0 Å². The summed E-state index contributed by atoms with van der Waals surface area (Å²) < 4.78 is 7.28. The summed E-state index contributed by atoms with van der Waals surface area (Å²) >= 11 is 0. The number of pyridine rings is 1. The molecule has 0 atom stereocenters. The van der Waals surface area contributed by atoms with E-state index in [1.54, 1.807) is 4.57 Å². The predicted octanol–water partition coefficient (Wildman–Crippen LogP) is 1.44. The second-order valence-electron chi connectivity index (χ2n) is 3.64. The molecule has 4 nitrogen and oxygen atoms in total. The second-order valence-corrected chi connectivity index (χ2v) is 3.64. The number of hydrogen-bond acceptors (Lipinski definition) is 3. The minimum absolute atomic E-state index is 0.250. The first kappa shape index (κ1) is 9.03. The van der Waals surface area contributed by atoms with Gasteiger partial charge in [-0.1, -0.05) is 12.1 Å². The molecule has 80 valence electrons. The van der Waals surface area contributed by atoms with E-state index in [9.17, 15) is 9.90 Å². The van der Waals surface area contributed by atoms with Gasteiger partial charge in [0.2, 0.25) is 5.43 Å². The maximum absolute atomic E-state index is 11.3. The lowest BCUT2D eigenvalue weighted by Crippen LogP contribution is -2.17. The number of para-hydroxylation sites is 2. The van der Waals surface area contributed by atoms with Crippen molar-refractivity contribution in [3.63, 3.8) is 0 Å². The van der Waals surface area contributed by atoms with Crippen molar-refractivity contribution < 1.29 is 9.84 Å². The van der Waals surface area contributed by atoms with Gasteiger partial charge in [-0.05, 0) is 12.1 Å². The molecule has 1 aliphatic rings. The molecule has 1 aliphatic heterocycles. The zero-order valence-electron chi connectivity index (χ0n) is 8.38. The molecule has 0 aliphatic carbocycles. The number of nitrogens with zero attached hydrogens (tertiary/aromatic N) is 1. The first-order valence-corrected chi connectivity index (χ1v) is 4.92. The van der Waals surface area contributed by atoms with Gasteiger partial charge in [0, 0.05) is 6.07 Å². The number of aromatic nitrogens is 1. The Morgan fingerprint density at radius 1 is 1.31 bits per heavy atom. The highest BCUT2D eigenvalue weighted by Gasteiger charge is 2.16. The lowest BCUT2D eigenvalue weighted by atomic mass is 10.2. The summed E-state index contributed by atoms with van der Waals surface area (Å²) in [6.45, 7) is 0.340. The molecular weight excluding hydrogens is 206 g/mol. The molecule has 0 fully saturated rings. The first-order valence-electron chi connectivity index (χ1n) is 4.92. The Morgan fingerprint density at radius 3 is 3.00 bits per heavy atom. The van der Waals surface area contributed by atoms with Crippen LogP contribution in [0, 0.1) is 0 Å². The summed E-state index contributed by atoms with van der Waals surface area (Å²) in [5.74, 6) is 0.499. The van der Waals surface area contributed by atoms with E-state index in [4.69, 9.17) is 4.74 Å². The number of aromatic hydroxyl groups is 1. The van der Waals surface area contributed by atoms with Gasteiger partial charge in [-0.15, -0.1) is 0 Å². The maximum Gasteiger partial charge on any atom is 0.223 e. The van der Waals surface area contributed by atoms with Gasteiger partial charge >= 0.3 is 0 Å². The van der Waals surface area contributed by atoms with Gasteiger partial charge in [0.15, 0.2) is 5.75 Å². The normalized spacial score (nSPS) is 12.5. The van der Waals surface area contributed by atoms with Crippen LogP contribution in [0.5, 0.6) is 11.5 Å². The van der Waals surface area contributed by atoms with Crippen LogP contribution in [0.25, 0.3) is 5.69 Å². The monoisotopic (exact) mass is 215 g/mol. The van der Waals surface area contributed by atoms with Crippen molar-refractivity contribution in [1.29, 1.82) is 0 Å². The largest absolute Gasteiger partial charge is 0.503 e. The van der Waals surface area contributed by atoms with E-state index in [0.717, 1.165) is 17.1 Å². The van der Waals surface area contributed by atoms with Crippen molar-refractivity contribution in [2.24, 2.45) is 0 Å². The molecule has 1 aromatic heterocycles. The van der Waals surface area contributed by atoms with Crippen LogP contribution in [0.15, 0.2) is 41.3 Å². The number of rotatable bonds is 0. The van der Waals surface area contributed by atoms with Crippen LogP contribution in [-0.2, 0) is 6.61 Å². The van der Waals surface area contributed by atoms with Gasteiger partial charge in [0.25, 0.3) is 0 Å². The van der Waals surface area contributed by atoms with E-state index in [2.05, 4.69) is 0 Å². The Labute approximate surface area is 91.3 Å². The molecule has 0 unspecified atom stereocenters. The zero-order valence-corrected chi connectivity index (χ0v) is 8.38. The van der Waals surface area contributed by atoms with E-state index in [1.165, 1.54) is 12.3 Å². The van der Waals surface area contributed by atoms with Crippen molar-refractivity contribution >= 4 is 0 Å². The molecular formula is C12H9NO3. The summed E-state index contributed by atoms with van der Waals surface area (Å²) in [4.78, 5) is 11.3. The third-order valence-electron chi connectivity index (χ3n) is 2.61. The van der Waals surface area contributed by atoms with Crippen LogP contribution < -0.4 is 10.2 Å². The van der Waals surface area contributed by atoms with Crippen LogP contribution in [0.4, 0.5) is 0 Å². The minimum atomic E-state index is -0.380. The number of benzene rings is 1. The van der Waals surface area contributed by atoms with Crippen molar-refractivity contribution in [3.05, 3.63) is 52.4 Å². The van der Waals surface area contributed by atoms with Gasteiger partial charge in [0.1, 0.15) is 12.4 Å². The topological polar surface area (TPSA) is 51.5 Å². The third-order valence-corrected chi connectivity index (χ3v) is 2.61. The Morgan fingerprint density at radius 2 is 2.12 bits per heavy atom. The quantitative estimate of drug-likeness (QED) is 0.723. The molecule has 3 rings (SSSR count). The minimum Gasteiger partial charge on any atom is -0.503 e. The highest BCUT2D eigenvalue weighted by atomic mass is 16.5. The summed E-state index contributed by atoms with van der Waals surface area (Å²) in [5.41, 5.74) is 1.19. The molecule has 0 amide bonds. The lowest BCUT2D eigenvalue weighted by Gasteiger charge is -2.22. The van der Waals surface area contributed by atoms with E-state index in [1.807, 2.05) is 24.3 Å². The highest BCUT2D eigenvalue weighted by molar-refractivity contribution is 5.50. The molecule has 0 saturated carbocycles. The smallest absolute Gasteiger partial charge is 0.223 e. The Kier molecular flexibility index (Phi) is 1.77. The molecule has 4 heteroatoms. The van der Waals surface area contributed by atoms with E-state index >= 15 is 0 Å². The number of fused-ring (bicyclic) bond motifs is 3. The Balaban J connectivity index is 2.32. The van der Waals surface area contributed by atoms with Crippen molar-refractivity contribution in [2.75, 3.05) is 0 Å². The average Bonchev–Trinajstić information content (AvgIpc) is 2.31. The van der Waals surface area contributed by atoms with Gasteiger partial charge in [-0.3, -0.25) is 4.79 Å². The van der Waals surface area contributed by atoms with E-state index in [-0.39, 0.29) is 11.2 Å². The third kappa shape index (κ3) is 1.20. The fraction of sp³-hybridized carbons (Fsp3) is 0.0833. The fourth-order valence-corrected chi connectivity index (χ4v) is 1.83. The van der Waals surface area contributed by atoms with Crippen molar-refractivity contribution in [3.8, 4) is 17.2 Å². The first-order chi connectivity index (χ1) is 7.75. The average molecular weight is 215 g/mol. The van der Waals surface area contributed by atoms with Crippen LogP contribution in [0.3, 0.4) is 0 Å². The SMILES string of the molecule is O=c1cc2n(cc1O)-c1ccccc1OC2. The summed E-state index contributed by atoms with van der Waals surface area (Å²) in [5, 5.41) is 9.43. The van der Waals surface area contributed by atoms with Crippen LogP contribution in [0.1, 0.15) is 5.69 Å². The molecule has 1 aromatic carbocycles. The molecule has 0 spiro atoms. The zero-order chi connectivity index (χ0) is 11.1. The van der Waals surface area contributed by atoms with Crippen LogP contribution >= 0.6 is 0 Å². The maximum atomic E-state index is 11.3.